The van der Waals surface area contributed by atoms with Crippen LogP contribution in [0, 0.1) is 5.82 Å². The zero-order valence-electron chi connectivity index (χ0n) is 11.8. The van der Waals surface area contributed by atoms with Gasteiger partial charge in [0.15, 0.2) is 15.7 Å². The van der Waals surface area contributed by atoms with Crippen molar-refractivity contribution in [2.24, 2.45) is 0 Å². The van der Waals surface area contributed by atoms with Gasteiger partial charge in [-0.2, -0.15) is 0 Å². The summed E-state index contributed by atoms with van der Waals surface area (Å²) in [5.74, 6) is 0.683. The average molecular weight is 311 g/mol. The molecule has 1 aromatic carbocycles. The number of fused-ring (bicyclic) bond motifs is 1. The largest absolute Gasteiger partial charge is 0.328 e. The SMILES string of the molecule is CCn1c(CC2CS(=O)(=O)CCN2)nc2c(F)cccc21. The third-order valence-electron chi connectivity index (χ3n) is 3.86. The molecular weight excluding hydrogens is 293 g/mol. The molecule has 114 valence electrons. The molecule has 1 aliphatic heterocycles. The van der Waals surface area contributed by atoms with Gasteiger partial charge in [0.2, 0.25) is 0 Å². The van der Waals surface area contributed by atoms with Gasteiger partial charge >= 0.3 is 0 Å². The minimum absolute atomic E-state index is 0.113. The summed E-state index contributed by atoms with van der Waals surface area (Å²) in [6.45, 7) is 3.11. The van der Waals surface area contributed by atoms with Gasteiger partial charge in [-0.1, -0.05) is 6.07 Å². The molecule has 2 heterocycles. The lowest BCUT2D eigenvalue weighted by molar-refractivity contribution is 0.502. The summed E-state index contributed by atoms with van der Waals surface area (Å²) in [6.07, 6.45) is 0.487. The van der Waals surface area contributed by atoms with Gasteiger partial charge < -0.3 is 9.88 Å². The molecule has 1 N–H and O–H groups in total. The van der Waals surface area contributed by atoms with Crippen LogP contribution in [0.3, 0.4) is 0 Å². The summed E-state index contributed by atoms with van der Waals surface area (Å²) in [5, 5.41) is 3.21. The molecule has 0 aliphatic carbocycles. The van der Waals surface area contributed by atoms with Crippen LogP contribution in [-0.2, 0) is 22.8 Å². The minimum atomic E-state index is -2.98. The molecule has 1 aliphatic rings. The van der Waals surface area contributed by atoms with Gasteiger partial charge in [0.05, 0.1) is 17.0 Å². The number of nitrogens with one attached hydrogen (secondary N) is 1. The predicted molar refractivity (Wildman–Crippen MR) is 79.5 cm³/mol. The van der Waals surface area contributed by atoms with Crippen molar-refractivity contribution >= 4 is 20.9 Å². The molecule has 7 heteroatoms. The van der Waals surface area contributed by atoms with Gasteiger partial charge in [-0.3, -0.25) is 0 Å². The maximum absolute atomic E-state index is 13.8. The van der Waals surface area contributed by atoms with Gasteiger partial charge in [-0.15, -0.1) is 0 Å². The number of benzene rings is 1. The molecule has 5 nitrogen and oxygen atoms in total. The Kier molecular flexibility index (Phi) is 3.71. The normalized spacial score (nSPS) is 21.7. The zero-order chi connectivity index (χ0) is 15.0. The number of imidazole rings is 1. The summed E-state index contributed by atoms with van der Waals surface area (Å²) in [4.78, 5) is 4.38. The lowest BCUT2D eigenvalue weighted by Gasteiger charge is -2.23. The highest BCUT2D eigenvalue weighted by Crippen LogP contribution is 2.20. The Morgan fingerprint density at radius 2 is 2.29 bits per heavy atom. The molecule has 0 saturated carbocycles. The van der Waals surface area contributed by atoms with Crippen LogP contribution in [0.5, 0.6) is 0 Å². The highest BCUT2D eigenvalue weighted by molar-refractivity contribution is 7.91. The number of sulfone groups is 1. The Bertz CT molecular complexity index is 770. The molecule has 1 atom stereocenters. The second kappa shape index (κ2) is 5.38. The van der Waals surface area contributed by atoms with Crippen LogP contribution in [0.25, 0.3) is 11.0 Å². The second-order valence-electron chi connectivity index (χ2n) is 5.35. The molecule has 1 aromatic heterocycles. The highest BCUT2D eigenvalue weighted by Gasteiger charge is 2.26. The van der Waals surface area contributed by atoms with Crippen molar-refractivity contribution in [1.82, 2.24) is 14.9 Å². The number of aromatic nitrogens is 2. The van der Waals surface area contributed by atoms with Crippen molar-refractivity contribution in [3.63, 3.8) is 0 Å². The van der Waals surface area contributed by atoms with Gasteiger partial charge in [0.25, 0.3) is 0 Å². The summed E-state index contributed by atoms with van der Waals surface area (Å²) >= 11 is 0. The summed E-state index contributed by atoms with van der Waals surface area (Å²) in [7, 11) is -2.98. The fraction of sp³-hybridized carbons (Fsp3) is 0.500. The Morgan fingerprint density at radius 3 is 3.00 bits per heavy atom. The quantitative estimate of drug-likeness (QED) is 0.923. The number of rotatable bonds is 3. The van der Waals surface area contributed by atoms with E-state index in [0.29, 0.717) is 25.0 Å². The molecule has 1 saturated heterocycles. The summed E-state index contributed by atoms with van der Waals surface area (Å²) in [6, 6.07) is 4.73. The number of hydrogen-bond acceptors (Lipinski definition) is 4. The number of halogens is 1. The smallest absolute Gasteiger partial charge is 0.153 e. The van der Waals surface area contributed by atoms with Crippen molar-refractivity contribution in [2.45, 2.75) is 25.9 Å². The number of para-hydroxylation sites is 1. The molecule has 0 spiro atoms. The van der Waals surface area contributed by atoms with Crippen molar-refractivity contribution in [3.05, 3.63) is 29.8 Å². The first-order valence-corrected chi connectivity index (χ1v) is 8.90. The first-order valence-electron chi connectivity index (χ1n) is 7.07. The van der Waals surface area contributed by atoms with E-state index in [1.807, 2.05) is 17.6 Å². The monoisotopic (exact) mass is 311 g/mol. The van der Waals surface area contributed by atoms with Gasteiger partial charge in [0.1, 0.15) is 11.3 Å². The van der Waals surface area contributed by atoms with E-state index in [1.54, 1.807) is 6.07 Å². The van der Waals surface area contributed by atoms with Gasteiger partial charge in [0, 0.05) is 25.6 Å². The predicted octanol–water partition coefficient (Wildman–Crippen LogP) is 1.12. The van der Waals surface area contributed by atoms with Gasteiger partial charge in [-0.25, -0.2) is 17.8 Å². The zero-order valence-corrected chi connectivity index (χ0v) is 12.7. The third kappa shape index (κ3) is 2.80. The fourth-order valence-electron chi connectivity index (χ4n) is 2.89. The van der Waals surface area contributed by atoms with Crippen LogP contribution < -0.4 is 5.32 Å². The third-order valence-corrected chi connectivity index (χ3v) is 5.59. The van der Waals surface area contributed by atoms with Crippen LogP contribution in [0.15, 0.2) is 18.2 Å². The Labute approximate surface area is 123 Å². The molecule has 3 rings (SSSR count). The van der Waals surface area contributed by atoms with E-state index < -0.39 is 9.84 Å². The number of nitrogens with zero attached hydrogens (tertiary/aromatic N) is 2. The highest BCUT2D eigenvalue weighted by atomic mass is 32.2. The lowest BCUT2D eigenvalue weighted by atomic mass is 10.2. The number of aryl methyl sites for hydroxylation is 1. The van der Waals surface area contributed by atoms with Crippen LogP contribution in [0.1, 0.15) is 12.7 Å². The Balaban J connectivity index is 1.95. The van der Waals surface area contributed by atoms with Crippen molar-refractivity contribution in [1.29, 1.82) is 0 Å². The number of hydrogen-bond donors (Lipinski definition) is 1. The Morgan fingerprint density at radius 1 is 1.48 bits per heavy atom. The van der Waals surface area contributed by atoms with Crippen LogP contribution in [0.4, 0.5) is 4.39 Å². The first-order chi connectivity index (χ1) is 10.00. The maximum atomic E-state index is 13.8. The van der Waals surface area contributed by atoms with Crippen molar-refractivity contribution < 1.29 is 12.8 Å². The van der Waals surface area contributed by atoms with E-state index in [4.69, 9.17) is 0 Å². The van der Waals surface area contributed by atoms with Crippen LogP contribution >= 0.6 is 0 Å². The maximum Gasteiger partial charge on any atom is 0.153 e. The summed E-state index contributed by atoms with van der Waals surface area (Å²) < 4.78 is 39.2. The molecular formula is C14H18FN3O2S. The van der Waals surface area contributed by atoms with E-state index in [1.165, 1.54) is 6.07 Å². The lowest BCUT2D eigenvalue weighted by Crippen LogP contribution is -2.46. The molecule has 0 amide bonds. The topological polar surface area (TPSA) is 64.0 Å². The molecule has 1 unspecified atom stereocenters. The van der Waals surface area contributed by atoms with Crippen molar-refractivity contribution in [3.8, 4) is 0 Å². The second-order valence-corrected chi connectivity index (χ2v) is 7.58. The van der Waals surface area contributed by atoms with Crippen molar-refractivity contribution in [2.75, 3.05) is 18.1 Å². The summed E-state index contributed by atoms with van der Waals surface area (Å²) in [5.41, 5.74) is 1.11. The molecule has 0 bridgehead atoms. The standard InChI is InChI=1S/C14H18FN3O2S/c1-2-18-12-5-3-4-11(15)14(12)17-13(18)8-10-9-21(19,20)7-6-16-10/h3-5,10,16H,2,6-9H2,1H3. The van der Waals surface area contributed by atoms with Gasteiger partial charge in [-0.05, 0) is 19.1 Å². The van der Waals surface area contributed by atoms with E-state index in [2.05, 4.69) is 10.3 Å². The fourth-order valence-corrected chi connectivity index (χ4v) is 4.33. The molecule has 1 fully saturated rings. The molecule has 2 aromatic rings. The Hall–Kier alpha value is -1.47. The van der Waals surface area contributed by atoms with E-state index in [-0.39, 0.29) is 23.4 Å². The van der Waals surface area contributed by atoms with E-state index >= 15 is 0 Å². The first kappa shape index (κ1) is 14.5. The molecule has 0 radical (unpaired) electrons. The average Bonchev–Trinajstić information content (AvgIpc) is 2.76. The minimum Gasteiger partial charge on any atom is -0.328 e. The van der Waals surface area contributed by atoms with Crippen LogP contribution in [0.2, 0.25) is 0 Å². The van der Waals surface area contributed by atoms with Crippen LogP contribution in [-0.4, -0.2) is 42.1 Å². The van der Waals surface area contributed by atoms with E-state index in [0.717, 1.165) is 11.3 Å². The van der Waals surface area contributed by atoms with E-state index in [9.17, 15) is 12.8 Å². The molecule has 21 heavy (non-hydrogen) atoms.